The average molecular weight is 409 g/mol. The number of carbonyl (C=O) groups excluding carboxylic acids is 2. The third kappa shape index (κ3) is 6.36. The molecule has 0 saturated carbocycles. The Bertz CT molecular complexity index is 902. The number of anilines is 1. The first-order chi connectivity index (χ1) is 12.9. The number of para-hydroxylation sites is 1. The summed E-state index contributed by atoms with van der Waals surface area (Å²) in [4.78, 5) is 33.8. The molecule has 0 radical (unpaired) electrons. The van der Waals surface area contributed by atoms with Gasteiger partial charge < -0.3 is 5.32 Å². The van der Waals surface area contributed by atoms with E-state index in [4.69, 9.17) is 23.2 Å². The Morgan fingerprint density at radius 2 is 1.78 bits per heavy atom. The Labute approximate surface area is 164 Å². The highest BCUT2D eigenvalue weighted by molar-refractivity contribution is 6.33. The van der Waals surface area contributed by atoms with E-state index in [1.807, 2.05) is 0 Å². The van der Waals surface area contributed by atoms with Crippen molar-refractivity contribution in [1.82, 2.24) is 5.43 Å². The van der Waals surface area contributed by atoms with Crippen LogP contribution in [0.2, 0.25) is 10.0 Å². The third-order valence-corrected chi connectivity index (χ3v) is 3.98. The van der Waals surface area contributed by atoms with E-state index in [9.17, 15) is 19.7 Å². The highest BCUT2D eigenvalue weighted by atomic mass is 35.5. The van der Waals surface area contributed by atoms with Gasteiger partial charge in [-0.15, -0.1) is 0 Å². The van der Waals surface area contributed by atoms with Crippen molar-refractivity contribution < 1.29 is 14.5 Å². The van der Waals surface area contributed by atoms with E-state index < -0.39 is 10.8 Å². The number of nitrogens with zero attached hydrogens (tertiary/aromatic N) is 2. The fourth-order valence-corrected chi connectivity index (χ4v) is 2.33. The molecule has 2 N–H and O–H groups in total. The van der Waals surface area contributed by atoms with Crippen LogP contribution in [0.25, 0.3) is 0 Å². The molecule has 0 aliphatic rings. The molecule has 0 spiro atoms. The molecule has 8 nitrogen and oxygen atoms in total. The fraction of sp³-hybridized carbons (Fsp3) is 0.118. The van der Waals surface area contributed by atoms with Crippen molar-refractivity contribution in [3.63, 3.8) is 0 Å². The molecule has 140 valence electrons. The Kier molecular flexibility index (Phi) is 7.27. The van der Waals surface area contributed by atoms with Crippen LogP contribution in [0.15, 0.2) is 47.6 Å². The maximum absolute atomic E-state index is 11.8. The van der Waals surface area contributed by atoms with Crippen LogP contribution in [0, 0.1) is 10.1 Å². The first-order valence-corrected chi connectivity index (χ1v) is 8.42. The van der Waals surface area contributed by atoms with E-state index >= 15 is 0 Å². The molecule has 0 aromatic heterocycles. The van der Waals surface area contributed by atoms with Gasteiger partial charge in [0.05, 0.1) is 21.8 Å². The molecule has 2 amide bonds. The molecular weight excluding hydrogens is 395 g/mol. The lowest BCUT2D eigenvalue weighted by molar-refractivity contribution is -0.384. The maximum Gasteiger partial charge on any atom is 0.270 e. The third-order valence-electron chi connectivity index (χ3n) is 3.31. The normalized spacial score (nSPS) is 10.6. The van der Waals surface area contributed by atoms with E-state index in [0.29, 0.717) is 10.7 Å². The van der Waals surface area contributed by atoms with Gasteiger partial charge in [-0.25, -0.2) is 5.43 Å². The summed E-state index contributed by atoms with van der Waals surface area (Å²) in [5.74, 6) is -0.869. The van der Waals surface area contributed by atoms with Crippen molar-refractivity contribution in [2.75, 3.05) is 5.32 Å². The fourth-order valence-electron chi connectivity index (χ4n) is 1.98. The summed E-state index contributed by atoms with van der Waals surface area (Å²) in [6.45, 7) is 0. The van der Waals surface area contributed by atoms with Crippen LogP contribution in [0.3, 0.4) is 0 Å². The molecule has 0 atom stereocenters. The number of halogens is 2. The molecule has 27 heavy (non-hydrogen) atoms. The first-order valence-electron chi connectivity index (χ1n) is 7.67. The number of hydrogen-bond donors (Lipinski definition) is 2. The predicted octanol–water partition coefficient (Wildman–Crippen LogP) is 3.77. The monoisotopic (exact) mass is 408 g/mol. The van der Waals surface area contributed by atoms with Gasteiger partial charge >= 0.3 is 0 Å². The van der Waals surface area contributed by atoms with Crippen LogP contribution in [0.1, 0.15) is 18.4 Å². The number of carbonyl (C=O) groups is 2. The molecular formula is C17H14Cl2N4O4. The highest BCUT2D eigenvalue weighted by Gasteiger charge is 2.10. The van der Waals surface area contributed by atoms with Crippen molar-refractivity contribution in [1.29, 1.82) is 0 Å². The zero-order valence-corrected chi connectivity index (χ0v) is 15.3. The minimum Gasteiger partial charge on any atom is -0.325 e. The maximum atomic E-state index is 11.8. The topological polar surface area (TPSA) is 114 Å². The summed E-state index contributed by atoms with van der Waals surface area (Å²) in [5, 5.41) is 17.7. The largest absolute Gasteiger partial charge is 0.325 e. The van der Waals surface area contributed by atoms with Crippen LogP contribution in [0.5, 0.6) is 0 Å². The van der Waals surface area contributed by atoms with Gasteiger partial charge in [-0.1, -0.05) is 35.3 Å². The lowest BCUT2D eigenvalue weighted by atomic mass is 10.2. The van der Waals surface area contributed by atoms with Crippen LogP contribution in [0.4, 0.5) is 11.4 Å². The zero-order valence-electron chi connectivity index (χ0n) is 13.8. The Morgan fingerprint density at radius 1 is 1.07 bits per heavy atom. The lowest BCUT2D eigenvalue weighted by Crippen LogP contribution is -2.20. The van der Waals surface area contributed by atoms with Crippen molar-refractivity contribution in [2.45, 2.75) is 12.8 Å². The highest BCUT2D eigenvalue weighted by Crippen LogP contribution is 2.21. The molecule has 0 saturated heterocycles. The van der Waals surface area contributed by atoms with Crippen molar-refractivity contribution >= 4 is 52.6 Å². The van der Waals surface area contributed by atoms with E-state index in [2.05, 4.69) is 15.8 Å². The molecule has 10 heteroatoms. The predicted molar refractivity (Wildman–Crippen MR) is 103 cm³/mol. The molecule has 0 heterocycles. The molecule has 2 aromatic carbocycles. The number of amides is 2. The number of hydrazone groups is 1. The summed E-state index contributed by atoms with van der Waals surface area (Å²) < 4.78 is 0. The summed E-state index contributed by atoms with van der Waals surface area (Å²) >= 11 is 11.9. The van der Waals surface area contributed by atoms with E-state index in [-0.39, 0.29) is 35.0 Å². The molecule has 2 aromatic rings. The average Bonchev–Trinajstić information content (AvgIpc) is 2.63. The lowest BCUT2D eigenvalue weighted by Gasteiger charge is -2.06. The van der Waals surface area contributed by atoms with Gasteiger partial charge in [0.15, 0.2) is 0 Å². The number of rotatable bonds is 7. The second-order valence-corrected chi connectivity index (χ2v) is 6.10. The molecule has 0 aliphatic carbocycles. The van der Waals surface area contributed by atoms with Crippen LogP contribution in [-0.4, -0.2) is 23.0 Å². The van der Waals surface area contributed by atoms with E-state index in [1.54, 1.807) is 24.3 Å². The van der Waals surface area contributed by atoms with Crippen molar-refractivity contribution in [2.24, 2.45) is 5.10 Å². The van der Waals surface area contributed by atoms with Gasteiger partial charge in [0.1, 0.15) is 0 Å². The number of nitrogens with one attached hydrogen (secondary N) is 2. The first kappa shape index (κ1) is 20.3. The number of hydrogen-bond acceptors (Lipinski definition) is 5. The summed E-state index contributed by atoms with van der Waals surface area (Å²) in [6.07, 6.45) is 1.03. The molecule has 0 bridgehead atoms. The van der Waals surface area contributed by atoms with E-state index in [1.165, 1.54) is 24.4 Å². The van der Waals surface area contributed by atoms with Crippen LogP contribution in [-0.2, 0) is 9.59 Å². The Hall–Kier alpha value is -2.97. The van der Waals surface area contributed by atoms with Gasteiger partial charge in [-0.2, -0.15) is 5.10 Å². The van der Waals surface area contributed by atoms with Gasteiger partial charge in [-0.3, -0.25) is 19.7 Å². The number of nitro benzene ring substituents is 1. The standard InChI is InChI=1S/C17H14Cl2N4O4/c18-13-6-5-12(23(26)27)9-11(13)10-20-22-17(25)8-7-16(24)21-15-4-2-1-3-14(15)19/h1-6,9-10H,7-8H2,(H,21,24)(H,22,25). The Balaban J connectivity index is 1.83. The van der Waals surface area contributed by atoms with Crippen LogP contribution < -0.4 is 10.7 Å². The number of benzene rings is 2. The molecule has 0 unspecified atom stereocenters. The van der Waals surface area contributed by atoms with E-state index in [0.717, 1.165) is 0 Å². The minimum absolute atomic E-state index is 0.0653. The van der Waals surface area contributed by atoms with Crippen molar-refractivity contribution in [3.05, 3.63) is 68.2 Å². The van der Waals surface area contributed by atoms with Crippen LogP contribution >= 0.6 is 23.2 Å². The second kappa shape index (κ2) is 9.65. The summed E-state index contributed by atoms with van der Waals surface area (Å²) in [6, 6.07) is 10.6. The van der Waals surface area contributed by atoms with Gasteiger partial charge in [0.2, 0.25) is 11.8 Å². The SMILES string of the molecule is O=C(CCC(=O)Nc1ccccc1Cl)NN=Cc1cc([N+](=O)[O-])ccc1Cl. The molecule has 0 aliphatic heterocycles. The molecule has 2 rings (SSSR count). The minimum atomic E-state index is -0.566. The van der Waals surface area contributed by atoms with Crippen molar-refractivity contribution in [3.8, 4) is 0 Å². The van der Waals surface area contributed by atoms with Gasteiger partial charge in [0.25, 0.3) is 5.69 Å². The number of nitro groups is 1. The molecule has 0 fully saturated rings. The summed E-state index contributed by atoms with van der Waals surface area (Å²) in [5.41, 5.74) is 2.83. The van der Waals surface area contributed by atoms with Gasteiger partial charge in [0, 0.05) is 35.6 Å². The van der Waals surface area contributed by atoms with Gasteiger partial charge in [-0.05, 0) is 18.2 Å². The summed E-state index contributed by atoms with van der Waals surface area (Å²) in [7, 11) is 0. The zero-order chi connectivity index (χ0) is 19.8. The Morgan fingerprint density at radius 3 is 2.48 bits per heavy atom. The smallest absolute Gasteiger partial charge is 0.270 e. The number of non-ortho nitro benzene ring substituents is 1. The quantitative estimate of drug-likeness (QED) is 0.412. The second-order valence-electron chi connectivity index (χ2n) is 5.28.